The van der Waals surface area contributed by atoms with Crippen LogP contribution in [0.25, 0.3) is 0 Å². The zero-order chi connectivity index (χ0) is 6.85. The van der Waals surface area contributed by atoms with Crippen molar-refractivity contribution in [1.82, 2.24) is 9.36 Å². The maximum atomic E-state index is 4.06. The lowest BCUT2D eigenvalue weighted by molar-refractivity contribution is 1.09. The molecule has 0 spiro atoms. The second-order valence-corrected chi connectivity index (χ2v) is 3.18. The van der Waals surface area contributed by atoms with Gasteiger partial charge in [-0.15, -0.1) is 0 Å². The van der Waals surface area contributed by atoms with E-state index in [2.05, 4.69) is 25.3 Å². The number of rotatable bonds is 1. The van der Waals surface area contributed by atoms with E-state index in [1.165, 1.54) is 11.5 Å². The molecule has 1 rings (SSSR count). The van der Waals surface area contributed by atoms with Gasteiger partial charge in [0.25, 0.3) is 0 Å². The lowest BCUT2D eigenvalue weighted by Crippen LogP contribution is -2.07. The summed E-state index contributed by atoms with van der Waals surface area (Å²) in [7, 11) is 3.87. The van der Waals surface area contributed by atoms with Crippen molar-refractivity contribution in [2.45, 2.75) is 0 Å². The molecule has 9 heavy (non-hydrogen) atoms. The summed E-state index contributed by atoms with van der Waals surface area (Å²) in [6.45, 7) is 0. The molecule has 0 aliphatic carbocycles. The van der Waals surface area contributed by atoms with E-state index >= 15 is 0 Å². The smallest absolute Gasteiger partial charge is 0.210 e. The third-order valence-corrected chi connectivity index (χ3v) is 2.25. The fourth-order valence-electron chi connectivity index (χ4n) is 0.380. The molecule has 3 nitrogen and oxygen atoms in total. The molecule has 0 fully saturated rings. The van der Waals surface area contributed by atoms with Crippen LogP contribution in [-0.4, -0.2) is 23.5 Å². The first kappa shape index (κ1) is 6.95. The first-order valence-corrected chi connectivity index (χ1v) is 3.93. The summed E-state index contributed by atoms with van der Waals surface area (Å²) in [5.41, 5.74) is 0. The molecule has 1 aromatic heterocycles. The van der Waals surface area contributed by atoms with E-state index in [9.17, 15) is 0 Å². The maximum Gasteiger partial charge on any atom is 0.210 e. The molecule has 50 valence electrons. The van der Waals surface area contributed by atoms with Gasteiger partial charge in [-0.2, -0.15) is 9.36 Å². The van der Waals surface area contributed by atoms with E-state index in [-0.39, 0.29) is 0 Å². The minimum Gasteiger partial charge on any atom is -0.353 e. The zero-order valence-electron chi connectivity index (χ0n) is 5.13. The van der Waals surface area contributed by atoms with Crippen LogP contribution < -0.4 is 4.90 Å². The van der Waals surface area contributed by atoms with Crippen molar-refractivity contribution in [3.63, 3.8) is 0 Å². The molecule has 0 saturated carbocycles. The third kappa shape index (κ3) is 1.62. The predicted molar refractivity (Wildman–Crippen MR) is 41.9 cm³/mol. The molecule has 0 aliphatic rings. The molecule has 0 aromatic carbocycles. The van der Waals surface area contributed by atoms with E-state index < -0.39 is 0 Å². The minimum absolute atomic E-state index is 0.663. The predicted octanol–water partition coefficient (Wildman–Crippen LogP) is 1.37. The lowest BCUT2D eigenvalue weighted by atomic mass is 10.9. The van der Waals surface area contributed by atoms with Gasteiger partial charge in [-0.1, -0.05) is 0 Å². The fraction of sp³-hybridized carbons (Fsp3) is 0.500. The van der Waals surface area contributed by atoms with Gasteiger partial charge in [-0.05, 0) is 15.9 Å². The normalized spacial score (nSPS) is 9.67. The Morgan fingerprint density at radius 2 is 2.22 bits per heavy atom. The van der Waals surface area contributed by atoms with Gasteiger partial charge >= 0.3 is 0 Å². The summed E-state index contributed by atoms with van der Waals surface area (Å²) in [4.78, 5) is 5.98. The summed E-state index contributed by atoms with van der Waals surface area (Å²) in [6.07, 6.45) is 0. The van der Waals surface area contributed by atoms with E-state index in [0.717, 1.165) is 5.13 Å². The number of aromatic nitrogens is 2. The van der Waals surface area contributed by atoms with E-state index in [1.807, 2.05) is 19.0 Å². The highest BCUT2D eigenvalue weighted by Gasteiger charge is 2.00. The highest BCUT2D eigenvalue weighted by molar-refractivity contribution is 9.10. The first-order valence-electron chi connectivity index (χ1n) is 2.36. The SMILES string of the molecule is CN(C)c1nc(Br)ns1. The Bertz CT molecular complexity index is 197. The van der Waals surface area contributed by atoms with E-state index in [1.54, 1.807) is 0 Å². The molecule has 1 heterocycles. The van der Waals surface area contributed by atoms with Crippen LogP contribution in [0.3, 0.4) is 0 Å². The molecule has 0 N–H and O–H groups in total. The van der Waals surface area contributed by atoms with Gasteiger partial charge in [-0.3, -0.25) is 0 Å². The van der Waals surface area contributed by atoms with Crippen LogP contribution in [0, 0.1) is 0 Å². The Hall–Kier alpha value is -0.160. The third-order valence-electron chi connectivity index (χ3n) is 0.773. The van der Waals surface area contributed by atoms with Gasteiger partial charge in [0.1, 0.15) is 0 Å². The summed E-state index contributed by atoms with van der Waals surface area (Å²) in [5, 5.41) is 0.918. The largest absolute Gasteiger partial charge is 0.353 e. The summed E-state index contributed by atoms with van der Waals surface area (Å²) in [6, 6.07) is 0. The molecule has 0 radical (unpaired) electrons. The number of hydrogen-bond donors (Lipinski definition) is 0. The molecule has 5 heteroatoms. The summed E-state index contributed by atoms with van der Waals surface area (Å²) >= 11 is 4.54. The van der Waals surface area contributed by atoms with Crippen molar-refractivity contribution in [3.05, 3.63) is 4.73 Å². The topological polar surface area (TPSA) is 29.0 Å². The van der Waals surface area contributed by atoms with Gasteiger partial charge in [0.15, 0.2) is 0 Å². The van der Waals surface area contributed by atoms with E-state index in [4.69, 9.17) is 0 Å². The molecule has 0 aliphatic heterocycles. The number of halogens is 1. The van der Waals surface area contributed by atoms with Crippen LogP contribution in [0.2, 0.25) is 0 Å². The molecule has 0 unspecified atom stereocenters. The Morgan fingerprint density at radius 3 is 2.44 bits per heavy atom. The molecule has 0 amide bonds. The fourth-order valence-corrected chi connectivity index (χ4v) is 1.37. The van der Waals surface area contributed by atoms with Crippen molar-refractivity contribution < 1.29 is 0 Å². The van der Waals surface area contributed by atoms with Crippen LogP contribution in [0.5, 0.6) is 0 Å². The second kappa shape index (κ2) is 2.62. The van der Waals surface area contributed by atoms with Crippen molar-refractivity contribution >= 4 is 32.6 Å². The number of hydrogen-bond acceptors (Lipinski definition) is 4. The highest BCUT2D eigenvalue weighted by atomic mass is 79.9. The monoisotopic (exact) mass is 207 g/mol. The number of nitrogens with zero attached hydrogens (tertiary/aromatic N) is 3. The second-order valence-electron chi connectivity index (χ2n) is 1.74. The lowest BCUT2D eigenvalue weighted by Gasteiger charge is -2.03. The van der Waals surface area contributed by atoms with Crippen LogP contribution >= 0.6 is 27.5 Å². The Labute approximate surface area is 66.0 Å². The van der Waals surface area contributed by atoms with Gasteiger partial charge in [-0.25, -0.2) is 0 Å². The molecule has 0 saturated heterocycles. The molecular weight excluding hydrogens is 202 g/mol. The minimum atomic E-state index is 0.663. The van der Waals surface area contributed by atoms with Crippen molar-refractivity contribution in [2.24, 2.45) is 0 Å². The van der Waals surface area contributed by atoms with Gasteiger partial charge in [0, 0.05) is 25.6 Å². The van der Waals surface area contributed by atoms with Crippen molar-refractivity contribution in [1.29, 1.82) is 0 Å². The first-order chi connectivity index (χ1) is 4.20. The average Bonchev–Trinajstić information content (AvgIpc) is 2.14. The Kier molecular flexibility index (Phi) is 2.02. The standard InChI is InChI=1S/C4H6BrN3S/c1-8(2)4-6-3(5)7-9-4/h1-2H3. The van der Waals surface area contributed by atoms with Gasteiger partial charge in [0.05, 0.1) is 0 Å². The van der Waals surface area contributed by atoms with Gasteiger partial charge < -0.3 is 4.90 Å². The Balaban J connectivity index is 2.85. The molecule has 1 aromatic rings. The molecule has 0 bridgehead atoms. The van der Waals surface area contributed by atoms with E-state index in [0.29, 0.717) is 4.73 Å². The average molecular weight is 208 g/mol. The van der Waals surface area contributed by atoms with Crippen molar-refractivity contribution in [2.75, 3.05) is 19.0 Å². The van der Waals surface area contributed by atoms with Crippen LogP contribution in [0.15, 0.2) is 4.73 Å². The Morgan fingerprint density at radius 1 is 1.56 bits per heavy atom. The summed E-state index contributed by atoms with van der Waals surface area (Å²) < 4.78 is 4.61. The van der Waals surface area contributed by atoms with Gasteiger partial charge in [0.2, 0.25) is 9.87 Å². The van der Waals surface area contributed by atoms with Crippen molar-refractivity contribution in [3.8, 4) is 0 Å². The maximum absolute atomic E-state index is 4.06. The quantitative estimate of drug-likeness (QED) is 0.697. The highest BCUT2D eigenvalue weighted by Crippen LogP contribution is 2.16. The number of anilines is 1. The summed E-state index contributed by atoms with van der Waals surface area (Å²) in [5.74, 6) is 0. The van der Waals surface area contributed by atoms with Crippen LogP contribution in [-0.2, 0) is 0 Å². The van der Waals surface area contributed by atoms with Crippen LogP contribution in [0.1, 0.15) is 0 Å². The molecule has 0 atom stereocenters. The molecular formula is C4H6BrN3S. The van der Waals surface area contributed by atoms with Crippen LogP contribution in [0.4, 0.5) is 5.13 Å². The zero-order valence-corrected chi connectivity index (χ0v) is 7.53.